The summed E-state index contributed by atoms with van der Waals surface area (Å²) < 4.78 is 17.0. The number of nitrogens with one attached hydrogen (secondary N) is 1. The van der Waals surface area contributed by atoms with E-state index in [9.17, 15) is 0 Å². The van der Waals surface area contributed by atoms with E-state index < -0.39 is 0 Å². The zero-order chi connectivity index (χ0) is 14.2. The largest absolute Gasteiger partial charge is 0.491 e. The molecular formula is C16H26NO3+. The Labute approximate surface area is 121 Å². The highest BCUT2D eigenvalue weighted by Gasteiger charge is 2.24. The highest BCUT2D eigenvalue weighted by atomic mass is 16.5. The molecule has 1 saturated heterocycles. The molecule has 0 aliphatic carbocycles. The minimum absolute atomic E-state index is 0.357. The Kier molecular flexibility index (Phi) is 6.30. The van der Waals surface area contributed by atoms with Gasteiger partial charge < -0.3 is 19.1 Å². The number of ether oxygens (including phenoxy) is 3. The summed E-state index contributed by atoms with van der Waals surface area (Å²) in [5.41, 5.74) is 0. The van der Waals surface area contributed by atoms with Gasteiger partial charge in [0.2, 0.25) is 0 Å². The van der Waals surface area contributed by atoms with E-state index in [1.54, 1.807) is 4.90 Å². The van der Waals surface area contributed by atoms with Crippen molar-refractivity contribution in [1.29, 1.82) is 0 Å². The first kappa shape index (κ1) is 15.3. The third-order valence-corrected chi connectivity index (χ3v) is 3.46. The highest BCUT2D eigenvalue weighted by Crippen LogP contribution is 2.07. The normalized spacial score (nSPS) is 26.4. The fourth-order valence-electron chi connectivity index (χ4n) is 2.65. The molecule has 1 fully saturated rings. The van der Waals surface area contributed by atoms with Gasteiger partial charge in [-0.15, -0.1) is 0 Å². The molecule has 0 aromatic heterocycles. The Hall–Kier alpha value is -1.10. The van der Waals surface area contributed by atoms with Crippen molar-refractivity contribution in [2.75, 3.05) is 39.5 Å². The van der Waals surface area contributed by atoms with Gasteiger partial charge in [-0.2, -0.15) is 0 Å². The van der Waals surface area contributed by atoms with Gasteiger partial charge in [0, 0.05) is 0 Å². The van der Waals surface area contributed by atoms with E-state index in [2.05, 4.69) is 13.8 Å². The van der Waals surface area contributed by atoms with Gasteiger partial charge in [-0.1, -0.05) is 18.2 Å². The van der Waals surface area contributed by atoms with E-state index in [4.69, 9.17) is 14.2 Å². The molecule has 0 saturated carbocycles. The molecule has 0 spiro atoms. The van der Waals surface area contributed by atoms with Crippen molar-refractivity contribution in [3.05, 3.63) is 30.3 Å². The lowest BCUT2D eigenvalue weighted by atomic mass is 10.2. The second kappa shape index (κ2) is 8.25. The third-order valence-electron chi connectivity index (χ3n) is 3.46. The lowest BCUT2D eigenvalue weighted by Crippen LogP contribution is -3.15. The summed E-state index contributed by atoms with van der Waals surface area (Å²) in [6.45, 7) is 9.52. The van der Waals surface area contributed by atoms with Crippen LogP contribution in [0.3, 0.4) is 0 Å². The van der Waals surface area contributed by atoms with E-state index in [1.807, 2.05) is 30.3 Å². The summed E-state index contributed by atoms with van der Waals surface area (Å²) in [6.07, 6.45) is 0.713. The Morgan fingerprint density at radius 2 is 1.75 bits per heavy atom. The molecule has 112 valence electrons. The molecule has 4 nitrogen and oxygen atoms in total. The van der Waals surface area contributed by atoms with Crippen molar-refractivity contribution in [3.8, 4) is 5.75 Å². The van der Waals surface area contributed by atoms with Crippen molar-refractivity contribution < 1.29 is 19.1 Å². The van der Waals surface area contributed by atoms with Crippen LogP contribution in [0, 0.1) is 0 Å². The molecule has 0 radical (unpaired) electrons. The number of rotatable bonds is 7. The van der Waals surface area contributed by atoms with Crippen LogP contribution in [0.1, 0.15) is 13.8 Å². The minimum Gasteiger partial charge on any atom is -0.491 e. The van der Waals surface area contributed by atoms with Gasteiger partial charge in [0.1, 0.15) is 44.2 Å². The summed E-state index contributed by atoms with van der Waals surface area (Å²) >= 11 is 0. The number of quaternary nitrogens is 1. The molecule has 1 aromatic carbocycles. The first-order valence-corrected chi connectivity index (χ1v) is 7.48. The van der Waals surface area contributed by atoms with Crippen LogP contribution in [0.4, 0.5) is 0 Å². The number of para-hydroxylation sites is 1. The van der Waals surface area contributed by atoms with Crippen LogP contribution in [0.2, 0.25) is 0 Å². The Morgan fingerprint density at radius 3 is 2.45 bits per heavy atom. The summed E-state index contributed by atoms with van der Waals surface area (Å²) in [7, 11) is 0. The average Bonchev–Trinajstić information content (AvgIpc) is 2.43. The Bertz CT molecular complexity index is 361. The summed E-state index contributed by atoms with van der Waals surface area (Å²) in [4.78, 5) is 1.57. The molecule has 4 heteroatoms. The maximum atomic E-state index is 5.73. The molecule has 1 aliphatic rings. The highest BCUT2D eigenvalue weighted by molar-refractivity contribution is 5.20. The summed E-state index contributed by atoms with van der Waals surface area (Å²) in [5.74, 6) is 0.901. The first-order valence-electron chi connectivity index (χ1n) is 7.48. The van der Waals surface area contributed by atoms with Gasteiger partial charge >= 0.3 is 0 Å². The number of hydrogen-bond donors (Lipinski definition) is 1. The fourth-order valence-corrected chi connectivity index (χ4v) is 2.65. The van der Waals surface area contributed by atoms with E-state index in [1.165, 1.54) is 0 Å². The molecule has 1 aliphatic heterocycles. The van der Waals surface area contributed by atoms with Crippen LogP contribution < -0.4 is 9.64 Å². The number of morpholine rings is 1. The van der Waals surface area contributed by atoms with Crippen LogP contribution >= 0.6 is 0 Å². The standard InChI is InChI=1S/C16H25NO3/c1-14-12-17(13-15(2)20-14)8-9-18-10-11-19-16-6-4-3-5-7-16/h3-7,14-15H,8-13H2,1-2H3/p+1/t14-,15-/m0/s1. The average molecular weight is 280 g/mol. The maximum Gasteiger partial charge on any atom is 0.119 e. The van der Waals surface area contributed by atoms with E-state index in [0.717, 1.165) is 32.0 Å². The lowest BCUT2D eigenvalue weighted by Gasteiger charge is -2.32. The van der Waals surface area contributed by atoms with Gasteiger partial charge in [0.05, 0.1) is 13.2 Å². The SMILES string of the molecule is C[C@H]1C[NH+](CCOCCOc2ccccc2)C[C@H](C)O1. The number of hydrogen-bond acceptors (Lipinski definition) is 3. The minimum atomic E-state index is 0.357. The van der Waals surface area contributed by atoms with Gasteiger partial charge in [0.15, 0.2) is 0 Å². The maximum absolute atomic E-state index is 5.73. The Morgan fingerprint density at radius 1 is 1.05 bits per heavy atom. The zero-order valence-corrected chi connectivity index (χ0v) is 12.5. The number of benzene rings is 1. The van der Waals surface area contributed by atoms with Crippen molar-refractivity contribution in [1.82, 2.24) is 0 Å². The molecule has 2 rings (SSSR count). The van der Waals surface area contributed by atoms with E-state index in [-0.39, 0.29) is 0 Å². The van der Waals surface area contributed by atoms with Gasteiger partial charge in [-0.05, 0) is 26.0 Å². The van der Waals surface area contributed by atoms with Gasteiger partial charge in [-0.3, -0.25) is 0 Å². The molecule has 0 bridgehead atoms. The first-order chi connectivity index (χ1) is 9.74. The topological polar surface area (TPSA) is 32.1 Å². The van der Waals surface area contributed by atoms with E-state index >= 15 is 0 Å². The zero-order valence-electron chi connectivity index (χ0n) is 12.5. The second-order valence-electron chi connectivity index (χ2n) is 5.44. The van der Waals surface area contributed by atoms with Gasteiger partial charge in [-0.25, -0.2) is 0 Å². The predicted molar refractivity (Wildman–Crippen MR) is 78.3 cm³/mol. The monoisotopic (exact) mass is 280 g/mol. The van der Waals surface area contributed by atoms with Crippen LogP contribution in [0.5, 0.6) is 5.75 Å². The predicted octanol–water partition coefficient (Wildman–Crippen LogP) is 0.774. The van der Waals surface area contributed by atoms with Crippen molar-refractivity contribution in [3.63, 3.8) is 0 Å². The van der Waals surface area contributed by atoms with Crippen LogP contribution in [-0.4, -0.2) is 51.7 Å². The Balaban J connectivity index is 1.51. The van der Waals surface area contributed by atoms with Crippen LogP contribution in [0.15, 0.2) is 30.3 Å². The lowest BCUT2D eigenvalue weighted by molar-refractivity contribution is -0.915. The molecule has 1 aromatic rings. The van der Waals surface area contributed by atoms with Crippen molar-refractivity contribution in [2.24, 2.45) is 0 Å². The van der Waals surface area contributed by atoms with Crippen LogP contribution in [0.25, 0.3) is 0 Å². The van der Waals surface area contributed by atoms with Gasteiger partial charge in [0.25, 0.3) is 0 Å². The molecule has 1 N–H and O–H groups in total. The third kappa shape index (κ3) is 5.49. The summed E-state index contributed by atoms with van der Waals surface area (Å²) in [6, 6.07) is 9.85. The molecule has 0 amide bonds. The molecule has 1 heterocycles. The molecule has 20 heavy (non-hydrogen) atoms. The molecule has 0 unspecified atom stereocenters. The second-order valence-corrected chi connectivity index (χ2v) is 5.44. The quantitative estimate of drug-likeness (QED) is 0.749. The van der Waals surface area contributed by atoms with Crippen LogP contribution in [-0.2, 0) is 9.47 Å². The fraction of sp³-hybridized carbons (Fsp3) is 0.625. The smallest absolute Gasteiger partial charge is 0.119 e. The van der Waals surface area contributed by atoms with Crippen molar-refractivity contribution in [2.45, 2.75) is 26.1 Å². The summed E-state index contributed by atoms with van der Waals surface area (Å²) in [5, 5.41) is 0. The molecular weight excluding hydrogens is 254 g/mol. The molecule has 2 atom stereocenters. The van der Waals surface area contributed by atoms with Crippen molar-refractivity contribution >= 4 is 0 Å². The van der Waals surface area contributed by atoms with E-state index in [0.29, 0.717) is 25.4 Å².